The van der Waals surface area contributed by atoms with E-state index < -0.39 is 23.4 Å². The highest BCUT2D eigenvalue weighted by molar-refractivity contribution is 5.88. The summed E-state index contributed by atoms with van der Waals surface area (Å²) in [6, 6.07) is 1.09. The van der Waals surface area contributed by atoms with Gasteiger partial charge in [0.1, 0.15) is 5.56 Å². The third kappa shape index (κ3) is 3.16. The Bertz CT molecular complexity index is 456. The van der Waals surface area contributed by atoms with Gasteiger partial charge in [0, 0.05) is 6.20 Å². The van der Waals surface area contributed by atoms with Crippen molar-refractivity contribution >= 4 is 18.0 Å². The summed E-state index contributed by atoms with van der Waals surface area (Å²) >= 11 is 0. The molecule has 0 saturated heterocycles. The summed E-state index contributed by atoms with van der Waals surface area (Å²) in [6.45, 7) is 0. The summed E-state index contributed by atoms with van der Waals surface area (Å²) in [6.07, 6.45) is 3.62. The fourth-order valence-electron chi connectivity index (χ4n) is 1.00. The summed E-state index contributed by atoms with van der Waals surface area (Å²) in [5.74, 6) is -3.49. The van der Waals surface area contributed by atoms with Crippen LogP contribution in [0.3, 0.4) is 0 Å². The maximum Gasteiger partial charge on any atom is 0.340 e. The van der Waals surface area contributed by atoms with Crippen molar-refractivity contribution in [1.29, 1.82) is 0 Å². The molecular weight excluding hydrogens is 217 g/mol. The van der Waals surface area contributed by atoms with Crippen molar-refractivity contribution in [3.63, 3.8) is 0 Å². The number of carboxylic acid groups (broad SMARTS) is 2. The number of carbonyl (C=O) groups is 2. The Balaban J connectivity index is 2.91. The first kappa shape index (κ1) is 11.8. The molecule has 1 rings (SSSR count). The number of aromatic carboxylic acids is 1. The van der Waals surface area contributed by atoms with Crippen molar-refractivity contribution in [2.75, 3.05) is 0 Å². The minimum Gasteiger partial charge on any atom is -0.481 e. The minimum absolute atomic E-state index is 0.195. The number of nitrogens with zero attached hydrogens (tertiary/aromatic N) is 1. The first-order valence-electron chi connectivity index (χ1n) is 4.28. The van der Waals surface area contributed by atoms with Gasteiger partial charge in [0.2, 0.25) is 5.95 Å². The van der Waals surface area contributed by atoms with Crippen LogP contribution in [0.4, 0.5) is 4.39 Å². The molecule has 0 aliphatic carbocycles. The Morgan fingerprint density at radius 2 is 2.12 bits per heavy atom. The van der Waals surface area contributed by atoms with Crippen molar-refractivity contribution in [3.05, 3.63) is 35.4 Å². The molecule has 0 saturated carbocycles. The molecule has 16 heavy (non-hydrogen) atoms. The molecule has 1 heterocycles. The van der Waals surface area contributed by atoms with E-state index >= 15 is 0 Å². The Kier molecular flexibility index (Phi) is 3.71. The highest BCUT2D eigenvalue weighted by atomic mass is 19.1. The maximum atomic E-state index is 12.9. The van der Waals surface area contributed by atoms with Gasteiger partial charge in [-0.25, -0.2) is 9.78 Å². The van der Waals surface area contributed by atoms with E-state index in [0.29, 0.717) is 5.56 Å². The van der Waals surface area contributed by atoms with Crippen molar-refractivity contribution in [2.45, 2.75) is 6.42 Å². The lowest BCUT2D eigenvalue weighted by molar-refractivity contribution is -0.135. The van der Waals surface area contributed by atoms with Crippen LogP contribution in [0.1, 0.15) is 22.3 Å². The lowest BCUT2D eigenvalue weighted by Crippen LogP contribution is -2.02. The second-order valence-electron chi connectivity index (χ2n) is 2.91. The maximum absolute atomic E-state index is 12.9. The molecule has 0 amide bonds. The lowest BCUT2D eigenvalue weighted by Gasteiger charge is -1.97. The first-order chi connectivity index (χ1) is 7.50. The Morgan fingerprint density at radius 3 is 2.69 bits per heavy atom. The van der Waals surface area contributed by atoms with E-state index in [2.05, 4.69) is 4.98 Å². The van der Waals surface area contributed by atoms with E-state index in [1.54, 1.807) is 0 Å². The van der Waals surface area contributed by atoms with Gasteiger partial charge >= 0.3 is 11.9 Å². The van der Waals surface area contributed by atoms with Gasteiger partial charge in [-0.2, -0.15) is 4.39 Å². The third-order valence-corrected chi connectivity index (χ3v) is 1.69. The lowest BCUT2D eigenvalue weighted by atomic mass is 10.2. The van der Waals surface area contributed by atoms with Crippen LogP contribution in [0.25, 0.3) is 6.08 Å². The van der Waals surface area contributed by atoms with Crippen molar-refractivity contribution in [1.82, 2.24) is 4.98 Å². The summed E-state index contributed by atoms with van der Waals surface area (Å²) in [5.41, 5.74) is -0.211. The van der Waals surface area contributed by atoms with Crippen LogP contribution in [0, 0.1) is 5.95 Å². The first-order valence-corrected chi connectivity index (χ1v) is 4.28. The molecule has 1 aromatic heterocycles. The van der Waals surface area contributed by atoms with E-state index in [9.17, 15) is 14.0 Å². The fourth-order valence-corrected chi connectivity index (χ4v) is 1.00. The van der Waals surface area contributed by atoms with Crippen LogP contribution in [-0.4, -0.2) is 27.1 Å². The average molecular weight is 225 g/mol. The molecule has 0 spiro atoms. The van der Waals surface area contributed by atoms with Gasteiger partial charge in [-0.05, 0) is 11.6 Å². The highest BCUT2D eigenvalue weighted by Crippen LogP contribution is 2.09. The van der Waals surface area contributed by atoms with E-state index in [1.807, 2.05) is 0 Å². The summed E-state index contributed by atoms with van der Waals surface area (Å²) in [5, 5.41) is 17.0. The topological polar surface area (TPSA) is 87.5 Å². The van der Waals surface area contributed by atoms with Crippen molar-refractivity contribution in [2.24, 2.45) is 0 Å². The number of carboxylic acids is 2. The summed E-state index contributed by atoms with van der Waals surface area (Å²) in [7, 11) is 0. The summed E-state index contributed by atoms with van der Waals surface area (Å²) in [4.78, 5) is 24.0. The van der Waals surface area contributed by atoms with E-state index in [4.69, 9.17) is 10.2 Å². The van der Waals surface area contributed by atoms with Gasteiger partial charge in [-0.3, -0.25) is 4.79 Å². The van der Waals surface area contributed by atoms with E-state index in [1.165, 1.54) is 12.2 Å². The normalized spacial score (nSPS) is 10.6. The van der Waals surface area contributed by atoms with Crippen LogP contribution in [0.5, 0.6) is 0 Å². The molecule has 0 fully saturated rings. The van der Waals surface area contributed by atoms with Crippen molar-refractivity contribution in [3.8, 4) is 0 Å². The third-order valence-electron chi connectivity index (χ3n) is 1.69. The molecule has 0 atom stereocenters. The number of aliphatic carboxylic acids is 1. The zero-order chi connectivity index (χ0) is 12.1. The molecular formula is C10H8FNO4. The van der Waals surface area contributed by atoms with Gasteiger partial charge in [-0.15, -0.1) is 0 Å². The van der Waals surface area contributed by atoms with Gasteiger partial charge < -0.3 is 10.2 Å². The van der Waals surface area contributed by atoms with Crippen LogP contribution >= 0.6 is 0 Å². The molecule has 6 heteroatoms. The second kappa shape index (κ2) is 5.01. The SMILES string of the molecule is O=C(O)CC=Cc1cnc(F)c(C(=O)O)c1. The molecule has 0 aromatic carbocycles. The molecule has 0 aliphatic rings. The van der Waals surface area contributed by atoms with E-state index in [-0.39, 0.29) is 6.42 Å². The monoisotopic (exact) mass is 225 g/mol. The predicted molar refractivity (Wildman–Crippen MR) is 52.4 cm³/mol. The zero-order valence-electron chi connectivity index (χ0n) is 8.05. The molecule has 84 valence electrons. The Morgan fingerprint density at radius 1 is 1.44 bits per heavy atom. The number of hydrogen-bond acceptors (Lipinski definition) is 3. The molecule has 0 aliphatic heterocycles. The fraction of sp³-hybridized carbons (Fsp3) is 0.100. The van der Waals surface area contributed by atoms with Crippen LogP contribution in [-0.2, 0) is 4.79 Å². The predicted octanol–water partition coefficient (Wildman–Crippen LogP) is 1.41. The standard InChI is InChI=1S/C10H8FNO4/c11-9-7(10(15)16)4-6(5-12-9)2-1-3-8(13)14/h1-2,4-5H,3H2,(H,13,14)(H,15,16). The van der Waals surface area contributed by atoms with Crippen LogP contribution in [0.2, 0.25) is 0 Å². The quantitative estimate of drug-likeness (QED) is 0.756. The molecule has 2 N–H and O–H groups in total. The van der Waals surface area contributed by atoms with E-state index in [0.717, 1.165) is 12.3 Å². The largest absolute Gasteiger partial charge is 0.481 e. The number of pyridine rings is 1. The van der Waals surface area contributed by atoms with Gasteiger partial charge in [0.25, 0.3) is 0 Å². The number of hydrogen-bond donors (Lipinski definition) is 2. The van der Waals surface area contributed by atoms with Gasteiger partial charge in [0.15, 0.2) is 0 Å². The minimum atomic E-state index is -1.42. The molecule has 1 aromatic rings. The van der Waals surface area contributed by atoms with Crippen molar-refractivity contribution < 1.29 is 24.2 Å². The molecule has 0 bridgehead atoms. The highest BCUT2D eigenvalue weighted by Gasteiger charge is 2.11. The van der Waals surface area contributed by atoms with Gasteiger partial charge in [0.05, 0.1) is 6.42 Å². The summed E-state index contributed by atoms with van der Waals surface area (Å²) < 4.78 is 12.9. The number of aromatic nitrogens is 1. The second-order valence-corrected chi connectivity index (χ2v) is 2.91. The molecule has 0 unspecified atom stereocenters. The molecule has 0 radical (unpaired) electrons. The number of halogens is 1. The molecule has 5 nitrogen and oxygen atoms in total. The van der Waals surface area contributed by atoms with Crippen LogP contribution in [0.15, 0.2) is 18.3 Å². The average Bonchev–Trinajstić information content (AvgIpc) is 2.19. The van der Waals surface area contributed by atoms with Crippen LogP contribution < -0.4 is 0 Å². The zero-order valence-corrected chi connectivity index (χ0v) is 8.05. The Hall–Kier alpha value is -2.24. The smallest absolute Gasteiger partial charge is 0.340 e. The number of rotatable bonds is 4. The van der Waals surface area contributed by atoms with Gasteiger partial charge in [-0.1, -0.05) is 12.2 Å². The Labute approximate surface area is 89.9 Å².